The lowest BCUT2D eigenvalue weighted by Crippen LogP contribution is -2.28. The molecule has 0 spiro atoms. The Kier molecular flexibility index (Phi) is 8.59. The minimum absolute atomic E-state index is 0.0107. The summed E-state index contributed by atoms with van der Waals surface area (Å²) >= 11 is 1.78. The maximum Gasteiger partial charge on any atom is 0.220 e. The molecule has 158 valence electrons. The molecule has 0 atom stereocenters. The van der Waals surface area contributed by atoms with E-state index in [9.17, 15) is 4.79 Å². The van der Waals surface area contributed by atoms with E-state index in [-0.39, 0.29) is 5.91 Å². The predicted octanol–water partition coefficient (Wildman–Crippen LogP) is 5.92. The van der Waals surface area contributed by atoms with Crippen molar-refractivity contribution in [1.29, 1.82) is 0 Å². The number of nitrogens with one attached hydrogen (secondary N) is 1. The summed E-state index contributed by atoms with van der Waals surface area (Å²) in [6.45, 7) is 0.911. The number of hydrogen-bond acceptors (Lipinski definition) is 3. The molecule has 3 aromatic carbocycles. The zero-order chi connectivity index (χ0) is 21.8. The number of benzene rings is 3. The van der Waals surface area contributed by atoms with Crippen molar-refractivity contribution in [3.8, 4) is 0 Å². The third-order valence-electron chi connectivity index (χ3n) is 5.01. The van der Waals surface area contributed by atoms with E-state index in [0.29, 0.717) is 31.7 Å². The van der Waals surface area contributed by atoms with E-state index in [1.165, 1.54) is 16.7 Å². The molecular formula is C25H26N4OS. The van der Waals surface area contributed by atoms with Gasteiger partial charge in [-0.05, 0) is 28.6 Å². The summed E-state index contributed by atoms with van der Waals surface area (Å²) in [5.41, 5.74) is 11.9. The molecule has 0 saturated heterocycles. The van der Waals surface area contributed by atoms with Gasteiger partial charge in [-0.2, -0.15) is 0 Å². The van der Waals surface area contributed by atoms with Crippen LogP contribution in [0.5, 0.6) is 0 Å². The number of azide groups is 1. The standard InChI is InChI=1S/C25H26N4OS/c26-29-28-19-10-18-27-24(30)17-20-31-25(21-11-4-1-5-12-21,22-13-6-2-7-14-22)23-15-8-3-9-16-23/h1-9,11-16H,10,17-20H2,(H,27,30). The van der Waals surface area contributed by atoms with Crippen LogP contribution in [-0.2, 0) is 9.54 Å². The SMILES string of the molecule is [N-]=[N+]=NCCCNC(=O)CCSC(c1ccccc1)(c1ccccc1)c1ccccc1. The molecule has 0 aromatic heterocycles. The van der Waals surface area contributed by atoms with Crippen LogP contribution < -0.4 is 5.32 Å². The first-order chi connectivity index (χ1) is 15.3. The number of thioether (sulfide) groups is 1. The van der Waals surface area contributed by atoms with Gasteiger partial charge in [-0.15, -0.1) is 11.8 Å². The highest BCUT2D eigenvalue weighted by Gasteiger charge is 2.36. The number of nitrogens with zero attached hydrogens (tertiary/aromatic N) is 3. The molecule has 0 aliphatic rings. The molecule has 0 fully saturated rings. The van der Waals surface area contributed by atoms with Crippen LogP contribution in [0.2, 0.25) is 0 Å². The van der Waals surface area contributed by atoms with Gasteiger partial charge >= 0.3 is 0 Å². The van der Waals surface area contributed by atoms with Crippen molar-refractivity contribution in [3.05, 3.63) is 118 Å². The smallest absolute Gasteiger partial charge is 0.220 e. The molecule has 0 aliphatic carbocycles. The topological polar surface area (TPSA) is 77.9 Å². The maximum absolute atomic E-state index is 12.3. The van der Waals surface area contributed by atoms with Crippen molar-refractivity contribution in [2.75, 3.05) is 18.8 Å². The molecule has 6 heteroatoms. The van der Waals surface area contributed by atoms with Gasteiger partial charge in [-0.25, -0.2) is 0 Å². The highest BCUT2D eigenvalue weighted by Crippen LogP contribution is 2.48. The van der Waals surface area contributed by atoms with Gasteiger partial charge < -0.3 is 5.32 Å². The van der Waals surface area contributed by atoms with E-state index in [2.05, 4.69) is 88.1 Å². The monoisotopic (exact) mass is 430 g/mol. The van der Waals surface area contributed by atoms with E-state index >= 15 is 0 Å². The van der Waals surface area contributed by atoms with Gasteiger partial charge in [0.25, 0.3) is 0 Å². The Morgan fingerprint density at radius 3 is 1.81 bits per heavy atom. The number of carbonyl (C=O) groups excluding carboxylic acids is 1. The van der Waals surface area contributed by atoms with Crippen LogP contribution in [0.25, 0.3) is 10.4 Å². The molecule has 0 radical (unpaired) electrons. The van der Waals surface area contributed by atoms with Gasteiger partial charge in [0, 0.05) is 30.2 Å². The third-order valence-corrected chi connectivity index (χ3v) is 6.56. The average molecular weight is 431 g/mol. The Labute approximate surface area is 187 Å². The van der Waals surface area contributed by atoms with Crippen LogP contribution >= 0.6 is 11.8 Å². The lowest BCUT2D eigenvalue weighted by atomic mass is 9.84. The minimum Gasteiger partial charge on any atom is -0.356 e. The average Bonchev–Trinajstić information content (AvgIpc) is 2.83. The second kappa shape index (κ2) is 11.8. The van der Waals surface area contributed by atoms with Crippen LogP contribution in [0, 0.1) is 0 Å². The molecule has 0 saturated carbocycles. The van der Waals surface area contributed by atoms with Gasteiger partial charge in [0.05, 0.1) is 4.75 Å². The highest BCUT2D eigenvalue weighted by atomic mass is 32.2. The van der Waals surface area contributed by atoms with Crippen molar-refractivity contribution in [1.82, 2.24) is 5.32 Å². The van der Waals surface area contributed by atoms with Crippen molar-refractivity contribution < 1.29 is 4.79 Å². The quantitative estimate of drug-likeness (QED) is 0.135. The summed E-state index contributed by atoms with van der Waals surface area (Å²) in [5.74, 6) is 0.678. The first-order valence-electron chi connectivity index (χ1n) is 10.4. The fraction of sp³-hybridized carbons (Fsp3) is 0.240. The van der Waals surface area contributed by atoms with Crippen LogP contribution in [0.4, 0.5) is 0 Å². The van der Waals surface area contributed by atoms with Crippen molar-refractivity contribution in [2.45, 2.75) is 17.6 Å². The van der Waals surface area contributed by atoms with Crippen molar-refractivity contribution in [2.24, 2.45) is 5.11 Å². The van der Waals surface area contributed by atoms with Gasteiger partial charge in [0.1, 0.15) is 0 Å². The molecule has 3 rings (SSSR count). The molecule has 0 unspecified atom stereocenters. The largest absolute Gasteiger partial charge is 0.356 e. The molecule has 0 aliphatic heterocycles. The van der Waals surface area contributed by atoms with E-state index in [0.717, 1.165) is 0 Å². The van der Waals surface area contributed by atoms with Gasteiger partial charge in [0.2, 0.25) is 5.91 Å². The Bertz CT molecular complexity index is 893. The van der Waals surface area contributed by atoms with E-state index in [4.69, 9.17) is 5.53 Å². The second-order valence-electron chi connectivity index (χ2n) is 7.04. The Morgan fingerprint density at radius 1 is 0.871 bits per heavy atom. The van der Waals surface area contributed by atoms with Gasteiger partial charge in [-0.3, -0.25) is 4.79 Å². The summed E-state index contributed by atoms with van der Waals surface area (Å²) in [7, 11) is 0. The number of carbonyl (C=O) groups is 1. The van der Waals surface area contributed by atoms with E-state index in [1.54, 1.807) is 11.8 Å². The fourth-order valence-electron chi connectivity index (χ4n) is 3.58. The van der Waals surface area contributed by atoms with E-state index in [1.807, 2.05) is 18.2 Å². The van der Waals surface area contributed by atoms with Gasteiger partial charge in [-0.1, -0.05) is 96.1 Å². The predicted molar refractivity (Wildman–Crippen MR) is 128 cm³/mol. The molecule has 0 heterocycles. The molecule has 31 heavy (non-hydrogen) atoms. The number of hydrogen-bond donors (Lipinski definition) is 1. The van der Waals surface area contributed by atoms with Crippen LogP contribution in [0.1, 0.15) is 29.5 Å². The zero-order valence-corrected chi connectivity index (χ0v) is 18.2. The molecule has 1 amide bonds. The van der Waals surface area contributed by atoms with Crippen LogP contribution in [0.15, 0.2) is 96.1 Å². The first kappa shape index (κ1) is 22.5. The molecule has 1 N–H and O–H groups in total. The fourth-order valence-corrected chi connectivity index (χ4v) is 5.08. The minimum atomic E-state index is -0.411. The summed E-state index contributed by atoms with van der Waals surface area (Å²) in [5, 5.41) is 6.40. The number of amides is 1. The lowest BCUT2D eigenvalue weighted by Gasteiger charge is -2.35. The number of rotatable bonds is 11. The summed E-state index contributed by atoms with van der Waals surface area (Å²) < 4.78 is -0.411. The lowest BCUT2D eigenvalue weighted by molar-refractivity contribution is -0.120. The molecule has 3 aromatic rings. The van der Waals surface area contributed by atoms with Crippen molar-refractivity contribution >= 4 is 17.7 Å². The zero-order valence-electron chi connectivity index (χ0n) is 17.4. The Hall–Kier alpha value is -3.21. The Balaban J connectivity index is 1.83. The molecule has 5 nitrogen and oxygen atoms in total. The summed E-state index contributed by atoms with van der Waals surface area (Å²) in [4.78, 5) is 15.1. The first-order valence-corrected chi connectivity index (χ1v) is 11.3. The van der Waals surface area contributed by atoms with Crippen LogP contribution in [0.3, 0.4) is 0 Å². The Morgan fingerprint density at radius 2 is 1.35 bits per heavy atom. The van der Waals surface area contributed by atoms with Crippen molar-refractivity contribution in [3.63, 3.8) is 0 Å². The molecule has 0 bridgehead atoms. The summed E-state index contributed by atoms with van der Waals surface area (Å²) in [6.07, 6.45) is 1.06. The normalized spacial score (nSPS) is 10.8. The third kappa shape index (κ3) is 5.91. The van der Waals surface area contributed by atoms with Gasteiger partial charge in [0.15, 0.2) is 0 Å². The highest BCUT2D eigenvalue weighted by molar-refractivity contribution is 8.00. The molecular weight excluding hydrogens is 404 g/mol. The second-order valence-corrected chi connectivity index (χ2v) is 8.34. The van der Waals surface area contributed by atoms with E-state index < -0.39 is 4.75 Å². The summed E-state index contributed by atoms with van der Waals surface area (Å²) in [6, 6.07) is 31.4. The maximum atomic E-state index is 12.3. The van der Waals surface area contributed by atoms with Crippen LogP contribution in [-0.4, -0.2) is 24.7 Å².